The van der Waals surface area contributed by atoms with Gasteiger partial charge in [-0.15, -0.1) is 0 Å². The van der Waals surface area contributed by atoms with Gasteiger partial charge in [0.25, 0.3) is 5.91 Å². The van der Waals surface area contributed by atoms with Gasteiger partial charge in [0.15, 0.2) is 6.61 Å². The molecule has 0 saturated carbocycles. The number of carbonyl (C=O) groups excluding carboxylic acids is 1. The average Bonchev–Trinajstić information content (AvgIpc) is 2.27. The van der Waals surface area contributed by atoms with Gasteiger partial charge in [-0.05, 0) is 12.1 Å². The first-order valence-corrected chi connectivity index (χ1v) is 4.48. The molecule has 1 rings (SSSR count). The van der Waals surface area contributed by atoms with Crippen molar-refractivity contribution in [3.63, 3.8) is 0 Å². The molecule has 0 radical (unpaired) electrons. The van der Waals surface area contributed by atoms with Crippen molar-refractivity contribution < 1.29 is 14.3 Å². The summed E-state index contributed by atoms with van der Waals surface area (Å²) in [6.45, 7) is -0.0337. The van der Waals surface area contributed by atoms with Gasteiger partial charge in [-0.1, -0.05) is 6.07 Å². The Morgan fingerprint density at radius 2 is 2.13 bits per heavy atom. The predicted octanol–water partition coefficient (Wildman–Crippen LogP) is 0.325. The Morgan fingerprint density at radius 3 is 2.80 bits per heavy atom. The summed E-state index contributed by atoms with van der Waals surface area (Å²) in [4.78, 5) is 11.0. The van der Waals surface area contributed by atoms with Crippen molar-refractivity contribution in [3.05, 3.63) is 24.3 Å². The first-order valence-electron chi connectivity index (χ1n) is 4.48. The van der Waals surface area contributed by atoms with Crippen LogP contribution in [-0.2, 0) is 4.79 Å². The van der Waals surface area contributed by atoms with E-state index in [4.69, 9.17) is 9.47 Å². The normalized spacial score (nSPS) is 9.47. The van der Waals surface area contributed by atoms with Crippen LogP contribution in [0.1, 0.15) is 0 Å². The van der Waals surface area contributed by atoms with Crippen molar-refractivity contribution >= 4 is 5.91 Å². The average molecular weight is 210 g/mol. The zero-order valence-corrected chi connectivity index (χ0v) is 8.74. The van der Waals surface area contributed by atoms with Crippen LogP contribution >= 0.6 is 0 Å². The summed E-state index contributed by atoms with van der Waals surface area (Å²) in [5.41, 5.74) is 4.92. The molecular formula is C10H14N2O3. The van der Waals surface area contributed by atoms with Gasteiger partial charge in [0.2, 0.25) is 0 Å². The third-order valence-electron chi connectivity index (χ3n) is 1.68. The predicted molar refractivity (Wildman–Crippen MR) is 55.7 cm³/mol. The van der Waals surface area contributed by atoms with Gasteiger partial charge in [0, 0.05) is 13.1 Å². The van der Waals surface area contributed by atoms with Crippen molar-refractivity contribution in [2.45, 2.75) is 0 Å². The van der Waals surface area contributed by atoms with Crippen LogP contribution in [0.2, 0.25) is 0 Å². The molecule has 0 aromatic heterocycles. The molecule has 15 heavy (non-hydrogen) atoms. The molecule has 0 bridgehead atoms. The number of nitrogens with one attached hydrogen (secondary N) is 2. The number of hydrazine groups is 1. The van der Waals surface area contributed by atoms with E-state index < -0.39 is 0 Å². The summed E-state index contributed by atoms with van der Waals surface area (Å²) in [7, 11) is 3.19. The van der Waals surface area contributed by atoms with E-state index in [0.29, 0.717) is 11.5 Å². The second-order valence-corrected chi connectivity index (χ2v) is 2.77. The molecule has 0 aliphatic heterocycles. The molecule has 0 unspecified atom stereocenters. The molecule has 2 N–H and O–H groups in total. The number of hydrogen-bond donors (Lipinski definition) is 2. The van der Waals surface area contributed by atoms with Crippen LogP contribution in [-0.4, -0.2) is 26.7 Å². The van der Waals surface area contributed by atoms with Crippen molar-refractivity contribution in [2.24, 2.45) is 0 Å². The quantitative estimate of drug-likeness (QED) is 0.687. The molecule has 82 valence electrons. The maximum absolute atomic E-state index is 11.0. The summed E-state index contributed by atoms with van der Waals surface area (Å²) >= 11 is 0. The highest BCUT2D eigenvalue weighted by molar-refractivity contribution is 5.76. The van der Waals surface area contributed by atoms with E-state index in [1.54, 1.807) is 38.4 Å². The number of hydrogen-bond acceptors (Lipinski definition) is 4. The Bertz CT molecular complexity index is 328. The summed E-state index contributed by atoms with van der Waals surface area (Å²) in [6, 6.07) is 7.08. The van der Waals surface area contributed by atoms with Crippen molar-refractivity contribution in [3.8, 4) is 11.5 Å². The largest absolute Gasteiger partial charge is 0.497 e. The first kappa shape index (κ1) is 11.3. The molecule has 0 fully saturated rings. The van der Waals surface area contributed by atoms with Crippen LogP contribution in [0.5, 0.6) is 11.5 Å². The fourth-order valence-corrected chi connectivity index (χ4v) is 1.02. The minimum atomic E-state index is -0.236. The highest BCUT2D eigenvalue weighted by Crippen LogP contribution is 2.18. The second kappa shape index (κ2) is 5.87. The van der Waals surface area contributed by atoms with Crippen molar-refractivity contribution in [1.29, 1.82) is 0 Å². The lowest BCUT2D eigenvalue weighted by molar-refractivity contribution is -0.123. The maximum Gasteiger partial charge on any atom is 0.271 e. The van der Waals surface area contributed by atoms with Gasteiger partial charge in [-0.3, -0.25) is 10.2 Å². The molecule has 1 amide bonds. The molecule has 0 aliphatic rings. The summed E-state index contributed by atoms with van der Waals surface area (Å²) in [5, 5.41) is 0. The molecular weight excluding hydrogens is 196 g/mol. The van der Waals surface area contributed by atoms with E-state index in [-0.39, 0.29) is 12.5 Å². The van der Waals surface area contributed by atoms with Crippen LogP contribution in [0.4, 0.5) is 0 Å². The summed E-state index contributed by atoms with van der Waals surface area (Å²) in [6.07, 6.45) is 0. The summed E-state index contributed by atoms with van der Waals surface area (Å²) in [5.74, 6) is 1.06. The van der Waals surface area contributed by atoms with Crippen molar-refractivity contribution in [2.75, 3.05) is 20.8 Å². The second-order valence-electron chi connectivity index (χ2n) is 2.77. The molecule has 0 aliphatic carbocycles. The lowest BCUT2D eigenvalue weighted by atomic mass is 10.3. The molecule has 0 heterocycles. The first-order chi connectivity index (χ1) is 7.26. The Balaban J connectivity index is 2.46. The Kier molecular flexibility index (Phi) is 4.43. The monoisotopic (exact) mass is 210 g/mol. The van der Waals surface area contributed by atoms with Gasteiger partial charge >= 0.3 is 0 Å². The van der Waals surface area contributed by atoms with Gasteiger partial charge in [-0.25, -0.2) is 5.43 Å². The molecule has 1 aromatic rings. The molecule has 0 spiro atoms. The SMILES string of the molecule is CNNC(=O)COc1cccc(OC)c1. The van der Waals surface area contributed by atoms with Crippen LogP contribution in [0.25, 0.3) is 0 Å². The Hall–Kier alpha value is -1.75. The van der Waals surface area contributed by atoms with E-state index >= 15 is 0 Å². The fraction of sp³-hybridized carbons (Fsp3) is 0.300. The zero-order valence-electron chi connectivity index (χ0n) is 8.74. The molecule has 5 nitrogen and oxygen atoms in total. The molecule has 1 aromatic carbocycles. The molecule has 0 atom stereocenters. The summed E-state index contributed by atoms with van der Waals surface area (Å²) < 4.78 is 10.2. The topological polar surface area (TPSA) is 59.6 Å². The minimum absolute atomic E-state index is 0.0337. The van der Waals surface area contributed by atoms with Crippen LogP contribution < -0.4 is 20.3 Å². The highest BCUT2D eigenvalue weighted by atomic mass is 16.5. The van der Waals surface area contributed by atoms with E-state index in [0.717, 1.165) is 0 Å². The van der Waals surface area contributed by atoms with Crippen molar-refractivity contribution in [1.82, 2.24) is 10.9 Å². The van der Waals surface area contributed by atoms with Gasteiger partial charge < -0.3 is 9.47 Å². The number of carbonyl (C=O) groups is 1. The molecule has 5 heteroatoms. The number of amides is 1. The minimum Gasteiger partial charge on any atom is -0.497 e. The smallest absolute Gasteiger partial charge is 0.271 e. The van der Waals surface area contributed by atoms with Crippen LogP contribution in [0.3, 0.4) is 0 Å². The van der Waals surface area contributed by atoms with Gasteiger partial charge in [0.05, 0.1) is 7.11 Å². The van der Waals surface area contributed by atoms with Gasteiger partial charge in [0.1, 0.15) is 11.5 Å². The van der Waals surface area contributed by atoms with E-state index in [2.05, 4.69) is 10.9 Å². The van der Waals surface area contributed by atoms with E-state index in [9.17, 15) is 4.79 Å². The number of benzene rings is 1. The third kappa shape index (κ3) is 3.86. The fourth-order valence-electron chi connectivity index (χ4n) is 1.02. The Labute approximate surface area is 88.3 Å². The number of ether oxygens (including phenoxy) is 2. The lowest BCUT2D eigenvalue weighted by Gasteiger charge is -2.07. The van der Waals surface area contributed by atoms with Crippen LogP contribution in [0.15, 0.2) is 24.3 Å². The number of rotatable bonds is 5. The third-order valence-corrected chi connectivity index (χ3v) is 1.68. The van der Waals surface area contributed by atoms with E-state index in [1.807, 2.05) is 0 Å². The highest BCUT2D eigenvalue weighted by Gasteiger charge is 2.01. The number of methoxy groups -OCH3 is 1. The molecule has 0 saturated heterocycles. The van der Waals surface area contributed by atoms with E-state index in [1.165, 1.54) is 0 Å². The Morgan fingerprint density at radius 1 is 1.40 bits per heavy atom. The zero-order chi connectivity index (χ0) is 11.1. The standard InChI is InChI=1S/C10H14N2O3/c1-11-12-10(13)7-15-9-5-3-4-8(6-9)14-2/h3-6,11H,7H2,1-2H3,(H,12,13). The lowest BCUT2D eigenvalue weighted by Crippen LogP contribution is -2.37. The van der Waals surface area contributed by atoms with Crippen LogP contribution in [0, 0.1) is 0 Å². The maximum atomic E-state index is 11.0. The van der Waals surface area contributed by atoms with Gasteiger partial charge in [-0.2, -0.15) is 0 Å².